The van der Waals surface area contributed by atoms with Crippen LogP contribution in [0.2, 0.25) is 0 Å². The molecular formula is C9H4BF3O. The quantitative estimate of drug-likeness (QED) is 0.588. The number of halogens is 3. The van der Waals surface area contributed by atoms with Crippen molar-refractivity contribution in [2.75, 3.05) is 0 Å². The van der Waals surface area contributed by atoms with Crippen molar-refractivity contribution in [2.45, 2.75) is 6.18 Å². The molecule has 0 amide bonds. The zero-order chi connectivity index (χ0) is 10.3. The summed E-state index contributed by atoms with van der Waals surface area (Å²) < 4.78 is 41.6. The van der Waals surface area contributed by atoms with Crippen molar-refractivity contribution < 1.29 is 17.6 Å². The van der Waals surface area contributed by atoms with Gasteiger partial charge in [-0.25, -0.2) is 0 Å². The van der Waals surface area contributed by atoms with Crippen LogP contribution in [0.25, 0.3) is 11.0 Å². The molecule has 0 spiro atoms. The Labute approximate surface area is 78.9 Å². The molecule has 0 saturated heterocycles. The molecule has 0 atom stereocenters. The summed E-state index contributed by atoms with van der Waals surface area (Å²) in [6.07, 6.45) is -4.35. The van der Waals surface area contributed by atoms with E-state index < -0.39 is 11.7 Å². The van der Waals surface area contributed by atoms with E-state index in [0.29, 0.717) is 5.39 Å². The van der Waals surface area contributed by atoms with Crippen LogP contribution in [0, 0.1) is 0 Å². The van der Waals surface area contributed by atoms with Crippen LogP contribution in [-0.4, -0.2) is 7.85 Å². The molecule has 2 aromatic rings. The fraction of sp³-hybridized carbons (Fsp3) is 0.111. The van der Waals surface area contributed by atoms with Gasteiger partial charge in [-0.05, 0) is 18.2 Å². The second-order valence-electron chi connectivity index (χ2n) is 2.90. The molecule has 1 aromatic carbocycles. The zero-order valence-electron chi connectivity index (χ0n) is 6.93. The molecule has 1 heterocycles. The highest BCUT2D eigenvalue weighted by Gasteiger charge is 2.30. The Bertz CT molecular complexity index is 472. The maximum absolute atomic E-state index is 12.2. The number of hydrogen-bond donors (Lipinski definition) is 0. The fourth-order valence-electron chi connectivity index (χ4n) is 1.23. The van der Waals surface area contributed by atoms with Gasteiger partial charge in [0.1, 0.15) is 5.58 Å². The Balaban J connectivity index is 2.62. The van der Waals surface area contributed by atoms with Gasteiger partial charge in [-0.2, -0.15) is 13.2 Å². The minimum atomic E-state index is -4.35. The minimum absolute atomic E-state index is 0.110. The zero-order valence-corrected chi connectivity index (χ0v) is 6.93. The van der Waals surface area contributed by atoms with Crippen molar-refractivity contribution >= 4 is 24.5 Å². The molecule has 0 N–H and O–H groups in total. The second kappa shape index (κ2) is 2.80. The fourth-order valence-corrected chi connectivity index (χ4v) is 1.23. The van der Waals surface area contributed by atoms with Gasteiger partial charge in [0.05, 0.1) is 5.56 Å². The molecule has 2 rings (SSSR count). The molecule has 0 saturated carbocycles. The molecule has 2 radical (unpaired) electrons. The van der Waals surface area contributed by atoms with Gasteiger partial charge in [-0.1, -0.05) is 6.07 Å². The smallest absolute Gasteiger partial charge is 0.416 e. The van der Waals surface area contributed by atoms with E-state index in [1.165, 1.54) is 12.1 Å². The standard InChI is InChI=1S/C9H4BF3O/c10-8-3-5-1-2-6(9(11,12)13)4-7(5)14-8/h1-4H. The summed E-state index contributed by atoms with van der Waals surface area (Å²) in [7, 11) is 5.30. The van der Waals surface area contributed by atoms with E-state index in [9.17, 15) is 13.2 Å². The van der Waals surface area contributed by atoms with Crippen LogP contribution in [0.3, 0.4) is 0 Å². The van der Waals surface area contributed by atoms with Gasteiger partial charge in [-0.15, -0.1) is 0 Å². The molecule has 70 valence electrons. The van der Waals surface area contributed by atoms with Crippen LogP contribution < -0.4 is 5.66 Å². The molecule has 0 fully saturated rings. The average Bonchev–Trinajstić information content (AvgIpc) is 2.41. The monoisotopic (exact) mass is 196 g/mol. The summed E-state index contributed by atoms with van der Waals surface area (Å²) in [5, 5.41) is 0.565. The maximum Gasteiger partial charge on any atom is 0.416 e. The van der Waals surface area contributed by atoms with Gasteiger partial charge in [-0.3, -0.25) is 0 Å². The predicted octanol–water partition coefficient (Wildman–Crippen LogP) is 2.25. The van der Waals surface area contributed by atoms with E-state index in [0.717, 1.165) is 12.1 Å². The Hall–Kier alpha value is -1.39. The van der Waals surface area contributed by atoms with Crippen molar-refractivity contribution in [3.63, 3.8) is 0 Å². The summed E-state index contributed by atoms with van der Waals surface area (Å²) in [5.74, 6) is 0. The van der Waals surface area contributed by atoms with Crippen molar-refractivity contribution in [2.24, 2.45) is 0 Å². The molecule has 1 aromatic heterocycles. The Morgan fingerprint density at radius 2 is 1.86 bits per heavy atom. The highest BCUT2D eigenvalue weighted by molar-refractivity contribution is 6.31. The van der Waals surface area contributed by atoms with E-state index in [1.807, 2.05) is 0 Å². The summed E-state index contributed by atoms with van der Waals surface area (Å²) in [6, 6.07) is 4.75. The average molecular weight is 196 g/mol. The lowest BCUT2D eigenvalue weighted by Crippen LogP contribution is -2.03. The van der Waals surface area contributed by atoms with Gasteiger partial charge >= 0.3 is 6.18 Å². The van der Waals surface area contributed by atoms with Crippen molar-refractivity contribution in [3.05, 3.63) is 29.8 Å². The topological polar surface area (TPSA) is 13.1 Å². The number of fused-ring (bicyclic) bond motifs is 1. The van der Waals surface area contributed by atoms with E-state index in [-0.39, 0.29) is 11.2 Å². The highest BCUT2D eigenvalue weighted by Crippen LogP contribution is 2.31. The maximum atomic E-state index is 12.2. The first-order chi connectivity index (χ1) is 6.47. The van der Waals surface area contributed by atoms with Gasteiger partial charge < -0.3 is 4.42 Å². The van der Waals surface area contributed by atoms with Gasteiger partial charge in [0.15, 0.2) is 7.85 Å². The predicted molar refractivity (Wildman–Crippen MR) is 46.6 cm³/mol. The lowest BCUT2D eigenvalue weighted by atomic mass is 10.1. The molecule has 14 heavy (non-hydrogen) atoms. The third-order valence-corrected chi connectivity index (χ3v) is 1.87. The Morgan fingerprint density at radius 3 is 2.50 bits per heavy atom. The largest absolute Gasteiger partial charge is 0.473 e. The van der Waals surface area contributed by atoms with E-state index in [1.54, 1.807) is 0 Å². The van der Waals surface area contributed by atoms with E-state index >= 15 is 0 Å². The number of rotatable bonds is 0. The van der Waals surface area contributed by atoms with Crippen LogP contribution in [0.4, 0.5) is 13.2 Å². The van der Waals surface area contributed by atoms with Crippen LogP contribution in [0.5, 0.6) is 0 Å². The normalized spacial score (nSPS) is 12.2. The molecule has 0 bridgehead atoms. The first-order valence-corrected chi connectivity index (χ1v) is 3.83. The van der Waals surface area contributed by atoms with Crippen molar-refractivity contribution in [3.8, 4) is 0 Å². The Morgan fingerprint density at radius 1 is 1.14 bits per heavy atom. The summed E-state index contributed by atoms with van der Waals surface area (Å²) in [5.41, 5.74) is -0.476. The minimum Gasteiger partial charge on any atom is -0.473 e. The van der Waals surface area contributed by atoms with E-state index in [2.05, 4.69) is 0 Å². The van der Waals surface area contributed by atoms with Gasteiger partial charge in [0.2, 0.25) is 0 Å². The Kier molecular flexibility index (Phi) is 1.84. The third kappa shape index (κ3) is 1.50. The van der Waals surface area contributed by atoms with Crippen molar-refractivity contribution in [1.82, 2.24) is 0 Å². The molecule has 5 heteroatoms. The molecule has 1 nitrogen and oxygen atoms in total. The lowest BCUT2D eigenvalue weighted by molar-refractivity contribution is -0.137. The third-order valence-electron chi connectivity index (χ3n) is 1.87. The van der Waals surface area contributed by atoms with Crippen LogP contribution in [-0.2, 0) is 6.18 Å². The van der Waals surface area contributed by atoms with Crippen LogP contribution >= 0.6 is 0 Å². The summed E-state index contributed by atoms with van der Waals surface area (Å²) in [4.78, 5) is 0. The number of hydrogen-bond acceptors (Lipinski definition) is 1. The number of alkyl halides is 3. The first kappa shape index (κ1) is 9.18. The second-order valence-corrected chi connectivity index (χ2v) is 2.90. The molecule has 0 aliphatic heterocycles. The number of furan rings is 1. The SMILES string of the molecule is [B]c1cc2ccc(C(F)(F)F)cc2o1. The number of benzene rings is 1. The van der Waals surface area contributed by atoms with Gasteiger partial charge in [0, 0.05) is 11.0 Å². The molecule has 0 aliphatic carbocycles. The first-order valence-electron chi connectivity index (χ1n) is 3.83. The van der Waals surface area contributed by atoms with Crippen LogP contribution in [0.1, 0.15) is 5.56 Å². The molecular weight excluding hydrogens is 192 g/mol. The summed E-state index contributed by atoms with van der Waals surface area (Å²) >= 11 is 0. The van der Waals surface area contributed by atoms with Crippen molar-refractivity contribution in [1.29, 1.82) is 0 Å². The molecule has 0 aliphatic rings. The van der Waals surface area contributed by atoms with Gasteiger partial charge in [0.25, 0.3) is 0 Å². The lowest BCUT2D eigenvalue weighted by Gasteiger charge is -2.04. The van der Waals surface area contributed by atoms with Crippen LogP contribution in [0.15, 0.2) is 28.7 Å². The highest BCUT2D eigenvalue weighted by atomic mass is 19.4. The molecule has 0 unspecified atom stereocenters. The summed E-state index contributed by atoms with van der Waals surface area (Å²) in [6.45, 7) is 0. The van der Waals surface area contributed by atoms with E-state index in [4.69, 9.17) is 12.3 Å².